The first-order chi connectivity index (χ1) is 24.7. The summed E-state index contributed by atoms with van der Waals surface area (Å²) in [7, 11) is 5.16. The van der Waals surface area contributed by atoms with Gasteiger partial charge in [0.2, 0.25) is 0 Å². The summed E-state index contributed by atoms with van der Waals surface area (Å²) in [6.45, 7) is 6.62. The largest absolute Gasteiger partial charge is 0.469 e. The molecule has 2 aromatic carbocycles. The van der Waals surface area contributed by atoms with Gasteiger partial charge in [-0.2, -0.15) is 0 Å². The van der Waals surface area contributed by atoms with Gasteiger partial charge in [-0.25, -0.2) is 0 Å². The van der Waals surface area contributed by atoms with E-state index in [-0.39, 0.29) is 47.7 Å². The highest BCUT2D eigenvalue weighted by atomic mass is 16.5. The van der Waals surface area contributed by atoms with E-state index in [0.717, 1.165) is 73.9 Å². The number of nitrogens with one attached hydrogen (secondary N) is 2. The highest BCUT2D eigenvalue weighted by molar-refractivity contribution is 5.92. The number of aliphatic hydroxyl groups is 1. The van der Waals surface area contributed by atoms with Crippen LogP contribution in [0, 0.1) is 23.7 Å². The van der Waals surface area contributed by atoms with E-state index < -0.39 is 11.5 Å². The number of likely N-dealkylation sites (N-methyl/N-ethyl adjacent to an activating group) is 1. The Balaban J connectivity index is 1.22. The Morgan fingerprint density at radius 1 is 1.04 bits per heavy atom. The van der Waals surface area contributed by atoms with Crippen molar-refractivity contribution >= 4 is 33.7 Å². The Morgan fingerprint density at radius 3 is 2.61 bits per heavy atom. The van der Waals surface area contributed by atoms with Gasteiger partial charge in [0.15, 0.2) is 0 Å². The number of carbonyl (C=O) groups excluding carboxylic acids is 2. The molecule has 51 heavy (non-hydrogen) atoms. The van der Waals surface area contributed by atoms with Crippen LogP contribution >= 0.6 is 0 Å². The average Bonchev–Trinajstić information content (AvgIpc) is 3.67. The van der Waals surface area contributed by atoms with Crippen molar-refractivity contribution in [2.45, 2.75) is 75.5 Å². The number of aromatic amines is 2. The molecule has 9 nitrogen and oxygen atoms in total. The van der Waals surface area contributed by atoms with Gasteiger partial charge in [0, 0.05) is 76.7 Å². The zero-order chi connectivity index (χ0) is 35.3. The minimum atomic E-state index is -0.856. The Morgan fingerprint density at radius 2 is 1.84 bits per heavy atom. The molecule has 10 unspecified atom stereocenters. The lowest BCUT2D eigenvalue weighted by Crippen LogP contribution is -2.68. The van der Waals surface area contributed by atoms with Crippen molar-refractivity contribution in [3.63, 3.8) is 0 Å². The molecule has 6 heterocycles. The van der Waals surface area contributed by atoms with Crippen LogP contribution in [-0.2, 0) is 37.3 Å². The SMILES string of the molecule is CC=C1CN(C)C2Cc3c([nH]c4ccccc34)C(c3ccc4c5c([nH]c4c3)C3(C(=O)OC)CC4CC(C(C)O)C3N(CC5)C4)CC1C2C(=O)OC. The maximum absolute atomic E-state index is 14.2. The Bertz CT molecular complexity index is 2080. The topological polar surface area (TPSA) is 111 Å². The van der Waals surface area contributed by atoms with E-state index in [9.17, 15) is 14.7 Å². The molecule has 1 saturated carbocycles. The van der Waals surface area contributed by atoms with E-state index in [4.69, 9.17) is 9.47 Å². The van der Waals surface area contributed by atoms with Gasteiger partial charge in [0.1, 0.15) is 5.41 Å². The summed E-state index contributed by atoms with van der Waals surface area (Å²) >= 11 is 0. The third-order valence-corrected chi connectivity index (χ3v) is 13.9. The Labute approximate surface area is 299 Å². The van der Waals surface area contributed by atoms with E-state index in [1.165, 1.54) is 47.6 Å². The van der Waals surface area contributed by atoms with Crippen LogP contribution in [0.1, 0.15) is 67.1 Å². The fourth-order valence-corrected chi connectivity index (χ4v) is 11.8. The molecule has 10 atom stereocenters. The normalized spacial score (nSPS) is 34.4. The molecule has 3 saturated heterocycles. The van der Waals surface area contributed by atoms with Crippen molar-refractivity contribution in [3.05, 3.63) is 82.2 Å². The van der Waals surface area contributed by atoms with Crippen molar-refractivity contribution in [1.82, 2.24) is 19.8 Å². The third-order valence-electron chi connectivity index (χ3n) is 13.9. The quantitative estimate of drug-likeness (QED) is 0.193. The van der Waals surface area contributed by atoms with E-state index >= 15 is 0 Å². The van der Waals surface area contributed by atoms with Gasteiger partial charge in [0.05, 0.1) is 26.2 Å². The first-order valence-electron chi connectivity index (χ1n) is 18.9. The first kappa shape index (κ1) is 33.0. The van der Waals surface area contributed by atoms with Crippen LogP contribution in [0.5, 0.6) is 0 Å². The molecular formula is C42H50N4O5. The summed E-state index contributed by atoms with van der Waals surface area (Å²) in [5.74, 6) is -0.253. The Kier molecular flexibility index (Phi) is 7.80. The number of hydrogen-bond acceptors (Lipinski definition) is 7. The molecule has 6 aliphatic rings. The highest BCUT2D eigenvalue weighted by Gasteiger charge is 2.64. The summed E-state index contributed by atoms with van der Waals surface area (Å²) in [5, 5.41) is 13.4. The van der Waals surface area contributed by atoms with Crippen LogP contribution in [-0.4, -0.2) is 95.9 Å². The minimum Gasteiger partial charge on any atom is -0.469 e. The van der Waals surface area contributed by atoms with Crippen LogP contribution in [0.25, 0.3) is 21.8 Å². The summed E-state index contributed by atoms with van der Waals surface area (Å²) in [6, 6.07) is 15.3. The number of aromatic nitrogens is 2. The van der Waals surface area contributed by atoms with Gasteiger partial charge in [-0.05, 0) is 93.7 Å². The maximum Gasteiger partial charge on any atom is 0.319 e. The van der Waals surface area contributed by atoms with Gasteiger partial charge >= 0.3 is 11.9 Å². The fourth-order valence-electron chi connectivity index (χ4n) is 11.8. The molecule has 10 rings (SSSR count). The second-order valence-electron chi connectivity index (χ2n) is 16.2. The number of H-pyrrole nitrogens is 2. The number of allylic oxidation sites excluding steroid dienone is 1. The first-order valence-corrected chi connectivity index (χ1v) is 18.9. The lowest BCUT2D eigenvalue weighted by Gasteiger charge is -2.58. The fraction of sp³-hybridized carbons (Fsp3) is 0.524. The number of esters is 2. The predicted molar refractivity (Wildman–Crippen MR) is 197 cm³/mol. The minimum absolute atomic E-state index is 0.00168. The van der Waals surface area contributed by atoms with Crippen molar-refractivity contribution in [2.75, 3.05) is 40.9 Å². The predicted octanol–water partition coefficient (Wildman–Crippen LogP) is 5.45. The van der Waals surface area contributed by atoms with Crippen LogP contribution in [0.4, 0.5) is 0 Å². The molecule has 3 N–H and O–H groups in total. The second-order valence-corrected chi connectivity index (χ2v) is 16.2. The van der Waals surface area contributed by atoms with Gasteiger partial charge < -0.3 is 24.5 Å². The van der Waals surface area contributed by atoms with Crippen LogP contribution in [0.3, 0.4) is 0 Å². The monoisotopic (exact) mass is 690 g/mol. The number of para-hydroxylation sites is 1. The van der Waals surface area contributed by atoms with Crippen LogP contribution < -0.4 is 0 Å². The maximum atomic E-state index is 14.2. The molecule has 4 aliphatic heterocycles. The molecule has 2 aromatic heterocycles. The number of rotatable bonds is 4. The number of likely N-dealkylation sites (tertiary alicyclic amines) is 1. The summed E-state index contributed by atoms with van der Waals surface area (Å²) in [6.07, 6.45) is 5.72. The van der Waals surface area contributed by atoms with Gasteiger partial charge in [0.25, 0.3) is 0 Å². The van der Waals surface area contributed by atoms with Crippen molar-refractivity contribution in [2.24, 2.45) is 23.7 Å². The number of piperidine rings is 3. The number of ether oxygens (including phenoxy) is 2. The standard InChI is InChI=1S/C42H50N4O5/c1-6-24-21-45(3)35-18-32-26-9-7-8-10-33(26)43-37(32)31(17-30(24)36(35)40(48)50-4)25-11-12-27-28-13-14-46-20-23-15-29(22(2)47)39(46)42(19-23,41(49)51-5)38(28)44-34(27)16-25/h6-12,16,22-23,29-31,35-36,39,43-44,47H,13-15,17-21H2,1-5H3. The average molecular weight is 691 g/mol. The van der Waals surface area contributed by atoms with Gasteiger partial charge in [-0.15, -0.1) is 0 Å². The number of carbonyl (C=O) groups is 2. The van der Waals surface area contributed by atoms with Crippen molar-refractivity contribution in [3.8, 4) is 0 Å². The van der Waals surface area contributed by atoms with E-state index in [1.807, 2.05) is 6.92 Å². The molecular weight excluding hydrogens is 640 g/mol. The summed E-state index contributed by atoms with van der Waals surface area (Å²) < 4.78 is 11.2. The van der Waals surface area contributed by atoms with E-state index in [1.54, 1.807) is 0 Å². The van der Waals surface area contributed by atoms with Crippen molar-refractivity contribution < 1.29 is 24.2 Å². The van der Waals surface area contributed by atoms with Gasteiger partial charge in [-0.3, -0.25) is 19.4 Å². The number of benzene rings is 2. The molecule has 4 aromatic rings. The molecule has 0 spiro atoms. The number of methoxy groups -OCH3 is 2. The number of fused-ring (bicyclic) bond motifs is 9. The third kappa shape index (κ3) is 4.70. The number of aliphatic hydroxyl groups excluding tert-OH is 1. The molecule has 0 amide bonds. The van der Waals surface area contributed by atoms with E-state index in [0.29, 0.717) is 5.92 Å². The molecule has 2 aliphatic carbocycles. The highest BCUT2D eigenvalue weighted by Crippen LogP contribution is 2.56. The Hall–Kier alpha value is -3.92. The summed E-state index contributed by atoms with van der Waals surface area (Å²) in [4.78, 5) is 40.4. The lowest BCUT2D eigenvalue weighted by atomic mass is 9.56. The molecule has 0 radical (unpaired) electrons. The molecule has 9 heteroatoms. The number of nitrogens with zero attached hydrogens (tertiary/aromatic N) is 2. The number of hydrogen-bond donors (Lipinski definition) is 3. The smallest absolute Gasteiger partial charge is 0.319 e. The van der Waals surface area contributed by atoms with E-state index in [2.05, 4.69) is 82.3 Å². The zero-order valence-corrected chi connectivity index (χ0v) is 30.4. The second kappa shape index (κ2) is 12.1. The molecule has 6 bridgehead atoms. The summed E-state index contributed by atoms with van der Waals surface area (Å²) in [5.41, 5.74) is 8.43. The van der Waals surface area contributed by atoms with Gasteiger partial charge in [-0.1, -0.05) is 42.0 Å². The molecule has 4 fully saturated rings. The van der Waals surface area contributed by atoms with Crippen molar-refractivity contribution in [1.29, 1.82) is 0 Å². The lowest BCUT2D eigenvalue weighted by molar-refractivity contribution is -0.166. The van der Waals surface area contributed by atoms with Crippen LogP contribution in [0.2, 0.25) is 0 Å². The molecule has 268 valence electrons. The zero-order valence-electron chi connectivity index (χ0n) is 30.4. The van der Waals surface area contributed by atoms with Crippen LogP contribution in [0.15, 0.2) is 54.1 Å².